The van der Waals surface area contributed by atoms with E-state index >= 15 is 0 Å². The maximum Gasteiger partial charge on any atom is 0.340 e. The van der Waals surface area contributed by atoms with Gasteiger partial charge in [-0.25, -0.2) is 4.79 Å². The van der Waals surface area contributed by atoms with Gasteiger partial charge in [0.05, 0.1) is 29.2 Å². The van der Waals surface area contributed by atoms with E-state index in [2.05, 4.69) is 24.4 Å². The quantitative estimate of drug-likeness (QED) is 0.800. The van der Waals surface area contributed by atoms with Crippen molar-refractivity contribution >= 4 is 11.5 Å². The monoisotopic (exact) mass is 338 g/mol. The van der Waals surface area contributed by atoms with Crippen molar-refractivity contribution in [3.8, 4) is 6.07 Å². The number of ether oxygens (including phenoxy) is 2. The first-order valence-corrected chi connectivity index (χ1v) is 9.00. The fourth-order valence-corrected chi connectivity index (χ4v) is 3.88. The SMILES string of the molecule is CCOC(=O)c1cn2cc(C3CCOCC3)ccc2c1C1(C#N)CC1. The number of hydrogen-bond acceptors (Lipinski definition) is 4. The molecular formula is C20H22N2O3. The smallest absolute Gasteiger partial charge is 0.340 e. The Morgan fingerprint density at radius 2 is 2.12 bits per heavy atom. The van der Waals surface area contributed by atoms with E-state index in [0.29, 0.717) is 18.1 Å². The first-order chi connectivity index (χ1) is 12.2. The van der Waals surface area contributed by atoms with Gasteiger partial charge in [0.1, 0.15) is 0 Å². The molecule has 2 fully saturated rings. The van der Waals surface area contributed by atoms with E-state index in [1.165, 1.54) is 5.56 Å². The van der Waals surface area contributed by atoms with E-state index < -0.39 is 5.41 Å². The van der Waals surface area contributed by atoms with Crippen LogP contribution in [0.2, 0.25) is 0 Å². The van der Waals surface area contributed by atoms with Crippen LogP contribution in [0.4, 0.5) is 0 Å². The molecule has 1 aliphatic carbocycles. The summed E-state index contributed by atoms with van der Waals surface area (Å²) in [4.78, 5) is 12.5. The maximum absolute atomic E-state index is 12.5. The van der Waals surface area contributed by atoms with Crippen molar-refractivity contribution in [2.75, 3.05) is 19.8 Å². The van der Waals surface area contributed by atoms with Crippen LogP contribution in [-0.4, -0.2) is 30.2 Å². The summed E-state index contributed by atoms with van der Waals surface area (Å²) in [6.07, 6.45) is 7.58. The third-order valence-corrected chi connectivity index (χ3v) is 5.42. The number of rotatable bonds is 4. The first-order valence-electron chi connectivity index (χ1n) is 9.00. The van der Waals surface area contributed by atoms with E-state index in [-0.39, 0.29) is 5.97 Å². The highest BCUT2D eigenvalue weighted by atomic mass is 16.5. The molecule has 25 heavy (non-hydrogen) atoms. The van der Waals surface area contributed by atoms with Gasteiger partial charge in [-0.05, 0) is 50.2 Å². The van der Waals surface area contributed by atoms with Crippen LogP contribution in [0.15, 0.2) is 24.5 Å². The molecule has 0 unspecified atom stereocenters. The van der Waals surface area contributed by atoms with Crippen molar-refractivity contribution in [1.29, 1.82) is 5.26 Å². The van der Waals surface area contributed by atoms with Crippen molar-refractivity contribution in [3.63, 3.8) is 0 Å². The van der Waals surface area contributed by atoms with Gasteiger partial charge in [-0.2, -0.15) is 5.26 Å². The highest BCUT2D eigenvalue weighted by Gasteiger charge is 2.49. The van der Waals surface area contributed by atoms with Crippen LogP contribution in [0, 0.1) is 11.3 Å². The zero-order chi connectivity index (χ0) is 17.4. The van der Waals surface area contributed by atoms with E-state index in [1.54, 1.807) is 6.92 Å². The zero-order valence-corrected chi connectivity index (χ0v) is 14.5. The second kappa shape index (κ2) is 6.20. The van der Waals surface area contributed by atoms with Gasteiger partial charge in [0, 0.05) is 31.2 Å². The number of esters is 1. The Morgan fingerprint density at radius 3 is 2.76 bits per heavy atom. The van der Waals surface area contributed by atoms with E-state index in [4.69, 9.17) is 9.47 Å². The summed E-state index contributed by atoms with van der Waals surface area (Å²) in [5.41, 5.74) is 3.04. The Labute approximate surface area is 147 Å². The van der Waals surface area contributed by atoms with E-state index in [0.717, 1.165) is 50.0 Å². The second-order valence-corrected chi connectivity index (χ2v) is 6.97. The lowest BCUT2D eigenvalue weighted by atomic mass is 9.92. The molecular weight excluding hydrogens is 316 g/mol. The Hall–Kier alpha value is -2.32. The fourth-order valence-electron chi connectivity index (χ4n) is 3.88. The molecule has 0 bridgehead atoms. The predicted octanol–water partition coefficient (Wildman–Crippen LogP) is 3.57. The van der Waals surface area contributed by atoms with Gasteiger partial charge in [-0.1, -0.05) is 6.07 Å². The van der Waals surface area contributed by atoms with Crippen molar-refractivity contribution < 1.29 is 14.3 Å². The topological polar surface area (TPSA) is 63.7 Å². The van der Waals surface area contributed by atoms with Gasteiger partial charge in [0.25, 0.3) is 0 Å². The molecule has 130 valence electrons. The molecule has 0 amide bonds. The van der Waals surface area contributed by atoms with Gasteiger partial charge in [-0.15, -0.1) is 0 Å². The molecule has 5 nitrogen and oxygen atoms in total. The highest BCUT2D eigenvalue weighted by Crippen LogP contribution is 2.51. The minimum atomic E-state index is -0.531. The molecule has 0 atom stereocenters. The van der Waals surface area contributed by atoms with Gasteiger partial charge in [0.2, 0.25) is 0 Å². The third kappa shape index (κ3) is 2.71. The van der Waals surface area contributed by atoms with Crippen LogP contribution in [0.1, 0.15) is 60.0 Å². The number of carbonyl (C=O) groups is 1. The summed E-state index contributed by atoms with van der Waals surface area (Å²) >= 11 is 0. The summed E-state index contributed by atoms with van der Waals surface area (Å²) in [5, 5.41) is 9.66. The summed E-state index contributed by atoms with van der Waals surface area (Å²) in [7, 11) is 0. The number of nitrogens with zero attached hydrogens (tertiary/aromatic N) is 2. The molecule has 0 N–H and O–H groups in total. The number of carbonyl (C=O) groups excluding carboxylic acids is 1. The van der Waals surface area contributed by atoms with Gasteiger partial charge < -0.3 is 13.9 Å². The lowest BCUT2D eigenvalue weighted by Crippen LogP contribution is -2.14. The zero-order valence-electron chi connectivity index (χ0n) is 14.5. The van der Waals surface area contributed by atoms with E-state index in [1.807, 2.05) is 10.6 Å². The average Bonchev–Trinajstić information content (AvgIpc) is 3.35. The molecule has 1 saturated carbocycles. The van der Waals surface area contributed by atoms with Crippen LogP contribution in [0.5, 0.6) is 0 Å². The summed E-state index contributed by atoms with van der Waals surface area (Å²) in [6.45, 7) is 3.72. The lowest BCUT2D eigenvalue weighted by Gasteiger charge is -2.22. The first kappa shape index (κ1) is 16.2. The minimum Gasteiger partial charge on any atom is -0.462 e. The molecule has 1 aliphatic heterocycles. The van der Waals surface area contributed by atoms with Crippen molar-refractivity contribution in [1.82, 2.24) is 4.40 Å². The molecule has 1 saturated heterocycles. The van der Waals surface area contributed by atoms with Crippen molar-refractivity contribution in [2.24, 2.45) is 0 Å². The van der Waals surface area contributed by atoms with Crippen LogP contribution in [0.25, 0.3) is 5.52 Å². The normalized spacial score (nSPS) is 19.5. The minimum absolute atomic E-state index is 0.331. The van der Waals surface area contributed by atoms with Crippen LogP contribution in [-0.2, 0) is 14.9 Å². The average molecular weight is 338 g/mol. The molecule has 2 aromatic rings. The number of pyridine rings is 1. The molecule has 4 rings (SSSR count). The standard InChI is InChI=1S/C20H22N2O3/c1-2-25-19(23)16-12-22-11-15(14-5-9-24-10-6-14)3-4-17(22)18(16)20(13-21)7-8-20/h3-4,11-12,14H,2,5-10H2,1H3. The van der Waals surface area contributed by atoms with Crippen LogP contribution < -0.4 is 0 Å². The molecule has 0 spiro atoms. The lowest BCUT2D eigenvalue weighted by molar-refractivity contribution is 0.0525. The molecule has 2 aromatic heterocycles. The molecule has 0 aromatic carbocycles. The molecule has 5 heteroatoms. The molecule has 0 radical (unpaired) electrons. The van der Waals surface area contributed by atoms with Gasteiger partial charge in [-0.3, -0.25) is 0 Å². The molecule has 2 aliphatic rings. The Morgan fingerprint density at radius 1 is 1.36 bits per heavy atom. The van der Waals surface area contributed by atoms with Crippen LogP contribution in [0.3, 0.4) is 0 Å². The van der Waals surface area contributed by atoms with Crippen LogP contribution >= 0.6 is 0 Å². The largest absolute Gasteiger partial charge is 0.462 e. The van der Waals surface area contributed by atoms with E-state index in [9.17, 15) is 10.1 Å². The maximum atomic E-state index is 12.5. The van der Waals surface area contributed by atoms with Gasteiger partial charge in [0.15, 0.2) is 0 Å². The van der Waals surface area contributed by atoms with Gasteiger partial charge >= 0.3 is 5.97 Å². The number of hydrogen-bond donors (Lipinski definition) is 0. The number of fused-ring (bicyclic) bond motifs is 1. The highest BCUT2D eigenvalue weighted by molar-refractivity contribution is 5.95. The Balaban J connectivity index is 1.81. The second-order valence-electron chi connectivity index (χ2n) is 6.97. The number of aromatic nitrogens is 1. The summed E-state index contributed by atoms with van der Waals surface area (Å²) in [6, 6.07) is 6.62. The third-order valence-electron chi connectivity index (χ3n) is 5.42. The molecule has 3 heterocycles. The summed E-state index contributed by atoms with van der Waals surface area (Å²) in [5.74, 6) is 0.149. The summed E-state index contributed by atoms with van der Waals surface area (Å²) < 4.78 is 12.7. The van der Waals surface area contributed by atoms with Crippen molar-refractivity contribution in [2.45, 2.75) is 43.9 Å². The Kier molecular flexibility index (Phi) is 4.01. The fraction of sp³-hybridized carbons (Fsp3) is 0.500. The van der Waals surface area contributed by atoms with Crippen molar-refractivity contribution in [3.05, 3.63) is 41.2 Å². The number of nitriles is 1. The predicted molar refractivity (Wildman–Crippen MR) is 92.7 cm³/mol. The Bertz CT molecular complexity index is 852.